The van der Waals surface area contributed by atoms with Gasteiger partial charge in [-0.25, -0.2) is 4.98 Å². The van der Waals surface area contributed by atoms with Crippen LogP contribution >= 0.6 is 11.3 Å². The maximum atomic E-state index is 11.8. The summed E-state index contributed by atoms with van der Waals surface area (Å²) in [5, 5.41) is 1.85. The van der Waals surface area contributed by atoms with Crippen LogP contribution in [0.25, 0.3) is 10.2 Å². The minimum absolute atomic E-state index is 0.126. The molecule has 0 bridgehead atoms. The van der Waals surface area contributed by atoms with Gasteiger partial charge in [0.15, 0.2) is 0 Å². The highest BCUT2D eigenvalue weighted by molar-refractivity contribution is 7.17. The van der Waals surface area contributed by atoms with Gasteiger partial charge in [0.05, 0.1) is 5.52 Å². The second-order valence-electron chi connectivity index (χ2n) is 4.29. The number of hydrogen-bond acceptors (Lipinski definition) is 5. The van der Waals surface area contributed by atoms with E-state index in [2.05, 4.69) is 9.97 Å². The lowest BCUT2D eigenvalue weighted by molar-refractivity contribution is 0.296. The molecule has 0 atom stereocenters. The Morgan fingerprint density at radius 1 is 1.35 bits per heavy atom. The van der Waals surface area contributed by atoms with Crippen molar-refractivity contribution in [1.29, 1.82) is 0 Å². The molecule has 102 valence electrons. The molecule has 0 fully saturated rings. The van der Waals surface area contributed by atoms with E-state index in [1.807, 2.05) is 35.7 Å². The highest BCUT2D eigenvalue weighted by Crippen LogP contribution is 2.16. The number of aromatic nitrogens is 2. The summed E-state index contributed by atoms with van der Waals surface area (Å²) in [6.45, 7) is 0.683. The summed E-state index contributed by atoms with van der Waals surface area (Å²) >= 11 is 1.38. The van der Waals surface area contributed by atoms with Gasteiger partial charge in [-0.3, -0.25) is 4.79 Å². The topological polar surface area (TPSA) is 81.0 Å². The van der Waals surface area contributed by atoms with Crippen molar-refractivity contribution in [2.75, 3.05) is 0 Å². The third-order valence-corrected chi connectivity index (χ3v) is 3.78. The molecule has 20 heavy (non-hydrogen) atoms. The summed E-state index contributed by atoms with van der Waals surface area (Å²) in [7, 11) is 0. The van der Waals surface area contributed by atoms with E-state index in [9.17, 15) is 4.79 Å². The maximum absolute atomic E-state index is 11.8. The number of H-pyrrole nitrogens is 1. The number of benzene rings is 1. The summed E-state index contributed by atoms with van der Waals surface area (Å²) in [6, 6.07) is 9.37. The third kappa shape index (κ3) is 2.56. The van der Waals surface area contributed by atoms with E-state index >= 15 is 0 Å². The van der Waals surface area contributed by atoms with Gasteiger partial charge in [0.1, 0.15) is 22.9 Å². The Balaban J connectivity index is 1.80. The van der Waals surface area contributed by atoms with E-state index in [-0.39, 0.29) is 12.2 Å². The van der Waals surface area contributed by atoms with Crippen LogP contribution in [0.1, 0.15) is 11.4 Å². The lowest BCUT2D eigenvalue weighted by atomic mass is 10.2. The lowest BCUT2D eigenvalue weighted by Crippen LogP contribution is -2.12. The zero-order chi connectivity index (χ0) is 13.9. The summed E-state index contributed by atoms with van der Waals surface area (Å²) in [6.07, 6.45) is 0. The fourth-order valence-corrected chi connectivity index (χ4v) is 2.63. The monoisotopic (exact) mass is 287 g/mol. The molecule has 3 N–H and O–H groups in total. The molecule has 6 heteroatoms. The van der Waals surface area contributed by atoms with Crippen molar-refractivity contribution in [3.63, 3.8) is 0 Å². The molecule has 5 nitrogen and oxygen atoms in total. The number of nitrogens with one attached hydrogen (secondary N) is 1. The molecule has 1 aromatic carbocycles. The van der Waals surface area contributed by atoms with Crippen LogP contribution in [0, 0.1) is 0 Å². The number of fused-ring (bicyclic) bond motifs is 1. The molecule has 0 spiro atoms. The molecule has 0 aliphatic rings. The molecule has 2 aromatic heterocycles. The van der Waals surface area contributed by atoms with Crippen molar-refractivity contribution in [2.24, 2.45) is 5.73 Å². The molecule has 0 radical (unpaired) electrons. The van der Waals surface area contributed by atoms with E-state index in [0.717, 1.165) is 5.56 Å². The smallest absolute Gasteiger partial charge is 0.268 e. The fourth-order valence-electron chi connectivity index (χ4n) is 1.90. The SMILES string of the molecule is NCc1cccc(OCc2nc3ccsc3c(=O)[nH]2)c1. The number of aromatic amines is 1. The molecule has 3 rings (SSSR count). The Bertz CT molecular complexity index is 794. The van der Waals surface area contributed by atoms with Gasteiger partial charge in [-0.1, -0.05) is 12.1 Å². The van der Waals surface area contributed by atoms with Crippen LogP contribution in [0.5, 0.6) is 5.75 Å². The van der Waals surface area contributed by atoms with Crippen molar-refractivity contribution in [2.45, 2.75) is 13.2 Å². The van der Waals surface area contributed by atoms with Crippen LogP contribution in [0.15, 0.2) is 40.5 Å². The van der Waals surface area contributed by atoms with E-state index in [1.165, 1.54) is 11.3 Å². The zero-order valence-electron chi connectivity index (χ0n) is 10.6. The van der Waals surface area contributed by atoms with Crippen molar-refractivity contribution in [3.05, 3.63) is 57.5 Å². The van der Waals surface area contributed by atoms with Crippen LogP contribution in [-0.4, -0.2) is 9.97 Å². The van der Waals surface area contributed by atoms with Gasteiger partial charge in [-0.2, -0.15) is 0 Å². The minimum atomic E-state index is -0.126. The Hall–Kier alpha value is -2.18. The Kier molecular flexibility index (Phi) is 3.49. The van der Waals surface area contributed by atoms with E-state index in [4.69, 9.17) is 10.5 Å². The number of ether oxygens (including phenoxy) is 1. The predicted octanol–water partition coefficient (Wildman–Crippen LogP) is 2.02. The van der Waals surface area contributed by atoms with Gasteiger partial charge in [-0.05, 0) is 29.1 Å². The quantitative estimate of drug-likeness (QED) is 0.769. The molecular weight excluding hydrogens is 274 g/mol. The minimum Gasteiger partial charge on any atom is -0.486 e. The molecule has 0 aliphatic heterocycles. The van der Waals surface area contributed by atoms with Gasteiger partial charge in [0, 0.05) is 6.54 Å². The van der Waals surface area contributed by atoms with Gasteiger partial charge < -0.3 is 15.5 Å². The lowest BCUT2D eigenvalue weighted by Gasteiger charge is -2.07. The average Bonchev–Trinajstić information content (AvgIpc) is 2.94. The number of hydrogen-bond donors (Lipinski definition) is 2. The summed E-state index contributed by atoms with van der Waals surface area (Å²) < 4.78 is 6.27. The molecule has 0 amide bonds. The van der Waals surface area contributed by atoms with Crippen LogP contribution in [-0.2, 0) is 13.2 Å². The third-order valence-electron chi connectivity index (χ3n) is 2.87. The first kappa shape index (κ1) is 12.8. The summed E-state index contributed by atoms with van der Waals surface area (Å²) in [5.41, 5.74) is 7.16. The van der Waals surface area contributed by atoms with Crippen molar-refractivity contribution < 1.29 is 4.74 Å². The predicted molar refractivity (Wildman–Crippen MR) is 78.9 cm³/mol. The molecule has 0 saturated carbocycles. The zero-order valence-corrected chi connectivity index (χ0v) is 11.4. The number of nitrogens with two attached hydrogens (primary N) is 1. The standard InChI is InChI=1S/C14H13N3O2S/c15-7-9-2-1-3-10(6-9)19-8-12-16-11-4-5-20-13(11)14(18)17-12/h1-6H,7-8,15H2,(H,16,17,18). The van der Waals surface area contributed by atoms with E-state index in [1.54, 1.807) is 0 Å². The molecular formula is C14H13N3O2S. The van der Waals surface area contributed by atoms with E-state index < -0.39 is 0 Å². The maximum Gasteiger partial charge on any atom is 0.268 e. The number of nitrogens with zero attached hydrogens (tertiary/aromatic N) is 1. The van der Waals surface area contributed by atoms with Crippen molar-refractivity contribution in [1.82, 2.24) is 9.97 Å². The second-order valence-corrected chi connectivity index (χ2v) is 5.20. The van der Waals surface area contributed by atoms with Gasteiger partial charge in [-0.15, -0.1) is 11.3 Å². The summed E-state index contributed by atoms with van der Waals surface area (Å²) in [4.78, 5) is 18.9. The molecule has 0 aliphatic carbocycles. The Labute approximate surface area is 119 Å². The normalized spacial score (nSPS) is 10.8. The molecule has 0 saturated heterocycles. The highest BCUT2D eigenvalue weighted by Gasteiger charge is 2.05. The van der Waals surface area contributed by atoms with Gasteiger partial charge in [0.25, 0.3) is 5.56 Å². The summed E-state index contributed by atoms with van der Waals surface area (Å²) in [5.74, 6) is 1.22. The first-order valence-electron chi connectivity index (χ1n) is 6.14. The van der Waals surface area contributed by atoms with Crippen LogP contribution in [0.3, 0.4) is 0 Å². The van der Waals surface area contributed by atoms with Crippen LogP contribution in [0.2, 0.25) is 0 Å². The van der Waals surface area contributed by atoms with Gasteiger partial charge in [0.2, 0.25) is 0 Å². The second kappa shape index (κ2) is 5.44. The largest absolute Gasteiger partial charge is 0.486 e. The Morgan fingerprint density at radius 2 is 2.25 bits per heavy atom. The molecule has 2 heterocycles. The van der Waals surface area contributed by atoms with E-state index in [0.29, 0.717) is 28.3 Å². The Morgan fingerprint density at radius 3 is 3.10 bits per heavy atom. The number of thiophene rings is 1. The molecule has 3 aromatic rings. The number of rotatable bonds is 4. The first-order chi connectivity index (χ1) is 9.76. The van der Waals surface area contributed by atoms with Crippen molar-refractivity contribution >= 4 is 21.6 Å². The highest BCUT2D eigenvalue weighted by atomic mass is 32.1. The van der Waals surface area contributed by atoms with Crippen LogP contribution < -0.4 is 16.0 Å². The van der Waals surface area contributed by atoms with Gasteiger partial charge >= 0.3 is 0 Å². The average molecular weight is 287 g/mol. The first-order valence-corrected chi connectivity index (χ1v) is 7.02. The van der Waals surface area contributed by atoms with Crippen LogP contribution in [0.4, 0.5) is 0 Å². The fraction of sp³-hybridized carbons (Fsp3) is 0.143. The molecule has 0 unspecified atom stereocenters. The van der Waals surface area contributed by atoms with Crippen molar-refractivity contribution in [3.8, 4) is 5.75 Å².